The molecule has 2 aromatic carbocycles. The van der Waals surface area contributed by atoms with E-state index in [4.69, 9.17) is 0 Å². The lowest BCUT2D eigenvalue weighted by Crippen LogP contribution is -2.27. The summed E-state index contributed by atoms with van der Waals surface area (Å²) in [5.74, 6) is -0.366. The van der Waals surface area contributed by atoms with Crippen molar-refractivity contribution in [3.8, 4) is 11.8 Å². The average molecular weight is 335 g/mol. The van der Waals surface area contributed by atoms with Crippen molar-refractivity contribution in [2.24, 2.45) is 0 Å². The van der Waals surface area contributed by atoms with Gasteiger partial charge >= 0.3 is 0 Å². The van der Waals surface area contributed by atoms with Gasteiger partial charge in [0.05, 0.1) is 0 Å². The molecular formula is C20H21N3O2. The fourth-order valence-electron chi connectivity index (χ4n) is 2.22. The third-order valence-corrected chi connectivity index (χ3v) is 3.66. The normalized spacial score (nSPS) is 11.0. The molecule has 0 fully saturated rings. The van der Waals surface area contributed by atoms with Crippen LogP contribution in [0.3, 0.4) is 0 Å². The molecule has 2 aromatic rings. The fraction of sp³-hybridized carbons (Fsp3) is 0.200. The Labute approximate surface area is 147 Å². The van der Waals surface area contributed by atoms with Gasteiger partial charge in [-0.15, -0.1) is 0 Å². The number of phenolic OH excluding ortho intramolecular Hbond substituents is 1. The van der Waals surface area contributed by atoms with E-state index in [2.05, 4.69) is 5.32 Å². The van der Waals surface area contributed by atoms with Gasteiger partial charge in [0.25, 0.3) is 5.91 Å². The van der Waals surface area contributed by atoms with Gasteiger partial charge < -0.3 is 15.3 Å². The van der Waals surface area contributed by atoms with Crippen LogP contribution in [0, 0.1) is 11.3 Å². The second-order valence-corrected chi connectivity index (χ2v) is 5.91. The van der Waals surface area contributed by atoms with Gasteiger partial charge in [-0.3, -0.25) is 4.79 Å². The number of anilines is 1. The highest BCUT2D eigenvalue weighted by molar-refractivity contribution is 6.06. The van der Waals surface area contributed by atoms with Crippen molar-refractivity contribution in [3.63, 3.8) is 0 Å². The Bertz CT molecular complexity index is 775. The number of hydrogen-bond donors (Lipinski definition) is 2. The van der Waals surface area contributed by atoms with Crippen molar-refractivity contribution >= 4 is 11.6 Å². The Kier molecular flexibility index (Phi) is 6.19. The summed E-state index contributed by atoms with van der Waals surface area (Å²) < 4.78 is 0. The van der Waals surface area contributed by atoms with Gasteiger partial charge in [0.1, 0.15) is 17.4 Å². The zero-order valence-corrected chi connectivity index (χ0v) is 14.3. The number of amides is 1. The van der Waals surface area contributed by atoms with Crippen LogP contribution in [0.2, 0.25) is 0 Å². The Morgan fingerprint density at radius 2 is 1.84 bits per heavy atom. The third-order valence-electron chi connectivity index (χ3n) is 3.66. The van der Waals surface area contributed by atoms with Gasteiger partial charge in [0.15, 0.2) is 0 Å². The Hall–Kier alpha value is -3.26. The fourth-order valence-corrected chi connectivity index (χ4v) is 2.22. The summed E-state index contributed by atoms with van der Waals surface area (Å²) in [6.07, 6.45) is 1.59. The van der Waals surface area contributed by atoms with Crippen molar-refractivity contribution in [2.45, 2.75) is 26.4 Å². The zero-order valence-electron chi connectivity index (χ0n) is 14.3. The van der Waals surface area contributed by atoms with E-state index in [1.807, 2.05) is 55.1 Å². The smallest absolute Gasteiger partial charge is 0.267 e. The van der Waals surface area contributed by atoms with E-state index in [9.17, 15) is 15.2 Å². The van der Waals surface area contributed by atoms with Crippen LogP contribution < -0.4 is 5.32 Å². The first kappa shape index (κ1) is 18.1. The Morgan fingerprint density at radius 1 is 1.20 bits per heavy atom. The number of hydrogen-bond acceptors (Lipinski definition) is 4. The van der Waals surface area contributed by atoms with Crippen molar-refractivity contribution in [2.75, 3.05) is 5.32 Å². The van der Waals surface area contributed by atoms with Crippen LogP contribution in [-0.2, 0) is 11.3 Å². The lowest BCUT2D eigenvalue weighted by atomic mass is 10.2. The van der Waals surface area contributed by atoms with Crippen LogP contribution in [-0.4, -0.2) is 22.0 Å². The number of carbonyl (C=O) groups excluding carboxylic acids is 1. The number of rotatable bonds is 6. The quantitative estimate of drug-likeness (QED) is 0.480. The van der Waals surface area contributed by atoms with E-state index < -0.39 is 5.91 Å². The SMILES string of the molecule is CC(C)N(/C=C(/C#N)C(=O)Nc1ccc(O)cc1)Cc1ccccc1. The highest BCUT2D eigenvalue weighted by Crippen LogP contribution is 2.15. The molecule has 0 unspecified atom stereocenters. The molecule has 0 aliphatic carbocycles. The minimum Gasteiger partial charge on any atom is -0.508 e. The lowest BCUT2D eigenvalue weighted by molar-refractivity contribution is -0.112. The van der Waals surface area contributed by atoms with E-state index in [1.54, 1.807) is 18.3 Å². The number of phenols is 1. The highest BCUT2D eigenvalue weighted by Gasteiger charge is 2.14. The Morgan fingerprint density at radius 3 is 2.40 bits per heavy atom. The number of nitrogens with zero attached hydrogens (tertiary/aromatic N) is 2. The molecule has 0 saturated carbocycles. The maximum atomic E-state index is 12.3. The third kappa shape index (κ3) is 5.40. The molecule has 0 aromatic heterocycles. The first-order valence-electron chi connectivity index (χ1n) is 8.01. The van der Waals surface area contributed by atoms with E-state index in [0.717, 1.165) is 5.56 Å². The molecule has 0 aliphatic rings. The van der Waals surface area contributed by atoms with Crippen molar-refractivity contribution < 1.29 is 9.90 Å². The summed E-state index contributed by atoms with van der Waals surface area (Å²) >= 11 is 0. The first-order chi connectivity index (χ1) is 12.0. The molecule has 0 aliphatic heterocycles. The summed E-state index contributed by atoms with van der Waals surface area (Å²) in [6, 6.07) is 18.1. The lowest BCUT2D eigenvalue weighted by Gasteiger charge is -2.25. The van der Waals surface area contributed by atoms with E-state index in [1.165, 1.54) is 12.1 Å². The van der Waals surface area contributed by atoms with Gasteiger partial charge in [-0.05, 0) is 43.7 Å². The predicted octanol–water partition coefficient (Wildman–Crippen LogP) is 3.65. The summed E-state index contributed by atoms with van der Waals surface area (Å²) in [7, 11) is 0. The molecule has 2 N–H and O–H groups in total. The van der Waals surface area contributed by atoms with Gasteiger partial charge in [-0.1, -0.05) is 30.3 Å². The van der Waals surface area contributed by atoms with Crippen LogP contribution in [0.1, 0.15) is 19.4 Å². The first-order valence-corrected chi connectivity index (χ1v) is 8.01. The van der Waals surface area contributed by atoms with Crippen LogP contribution in [0.25, 0.3) is 0 Å². The topological polar surface area (TPSA) is 76.4 Å². The standard InChI is InChI=1S/C20H21N3O2/c1-15(2)23(13-16-6-4-3-5-7-16)14-17(12-21)20(25)22-18-8-10-19(24)11-9-18/h3-11,14-15,24H,13H2,1-2H3,(H,22,25)/b17-14-. The number of carbonyl (C=O) groups is 1. The van der Waals surface area contributed by atoms with E-state index in [-0.39, 0.29) is 17.4 Å². The van der Waals surface area contributed by atoms with Crippen LogP contribution in [0.4, 0.5) is 5.69 Å². The number of aromatic hydroxyl groups is 1. The van der Waals surface area contributed by atoms with Crippen LogP contribution in [0.5, 0.6) is 5.75 Å². The highest BCUT2D eigenvalue weighted by atomic mass is 16.3. The maximum absolute atomic E-state index is 12.3. The monoisotopic (exact) mass is 335 g/mol. The summed E-state index contributed by atoms with van der Waals surface area (Å²) in [4.78, 5) is 14.3. The van der Waals surface area contributed by atoms with Crippen LogP contribution >= 0.6 is 0 Å². The molecule has 1 amide bonds. The molecule has 0 bridgehead atoms. The molecule has 0 spiro atoms. The summed E-state index contributed by atoms with van der Waals surface area (Å²) in [5.41, 5.74) is 1.64. The van der Waals surface area contributed by atoms with Crippen LogP contribution in [0.15, 0.2) is 66.4 Å². The summed E-state index contributed by atoms with van der Waals surface area (Å²) in [6.45, 7) is 4.62. The van der Waals surface area contributed by atoms with Gasteiger partial charge in [-0.25, -0.2) is 0 Å². The van der Waals surface area contributed by atoms with Crippen molar-refractivity contribution in [3.05, 3.63) is 71.9 Å². The number of nitrogens with one attached hydrogen (secondary N) is 1. The molecular weight excluding hydrogens is 314 g/mol. The minimum atomic E-state index is -0.480. The van der Waals surface area contributed by atoms with Crippen molar-refractivity contribution in [1.29, 1.82) is 5.26 Å². The molecule has 128 valence electrons. The Balaban J connectivity index is 2.15. The predicted molar refractivity (Wildman–Crippen MR) is 97.6 cm³/mol. The number of benzene rings is 2. The molecule has 0 heterocycles. The average Bonchev–Trinajstić information content (AvgIpc) is 2.61. The molecule has 5 heteroatoms. The molecule has 5 nitrogen and oxygen atoms in total. The van der Waals surface area contributed by atoms with E-state index in [0.29, 0.717) is 12.2 Å². The molecule has 0 atom stereocenters. The molecule has 25 heavy (non-hydrogen) atoms. The zero-order chi connectivity index (χ0) is 18.2. The largest absolute Gasteiger partial charge is 0.508 e. The summed E-state index contributed by atoms with van der Waals surface area (Å²) in [5, 5.41) is 21.3. The maximum Gasteiger partial charge on any atom is 0.267 e. The number of nitriles is 1. The second kappa shape index (κ2) is 8.55. The molecule has 0 radical (unpaired) electrons. The minimum absolute atomic E-state index is 0.0257. The van der Waals surface area contributed by atoms with Gasteiger partial charge in [-0.2, -0.15) is 5.26 Å². The molecule has 2 rings (SSSR count). The molecule has 0 saturated heterocycles. The van der Waals surface area contributed by atoms with Crippen molar-refractivity contribution in [1.82, 2.24) is 4.90 Å². The second-order valence-electron chi connectivity index (χ2n) is 5.91. The van der Waals surface area contributed by atoms with E-state index >= 15 is 0 Å². The van der Waals surface area contributed by atoms with Gasteiger partial charge in [0, 0.05) is 24.5 Å². The van der Waals surface area contributed by atoms with Gasteiger partial charge in [0.2, 0.25) is 0 Å².